The number of hydrogen-bond donors (Lipinski definition) is 1. The van der Waals surface area contributed by atoms with E-state index in [1.807, 2.05) is 0 Å². The molecule has 4 unspecified atom stereocenters. The van der Waals surface area contributed by atoms with Crippen LogP contribution in [0.1, 0.15) is 53.4 Å². The van der Waals surface area contributed by atoms with Crippen molar-refractivity contribution in [2.75, 3.05) is 20.1 Å². The Labute approximate surface area is 123 Å². The van der Waals surface area contributed by atoms with Crippen molar-refractivity contribution < 1.29 is 4.79 Å². The molecule has 0 saturated carbocycles. The molecule has 1 amide bonds. The molecule has 20 heavy (non-hydrogen) atoms. The highest BCUT2D eigenvalue weighted by Gasteiger charge is 2.50. The van der Waals surface area contributed by atoms with Crippen molar-refractivity contribution >= 4 is 5.91 Å². The third-order valence-electron chi connectivity index (χ3n) is 5.22. The molecular weight excluding hydrogens is 250 g/mol. The predicted octanol–water partition coefficient (Wildman–Crippen LogP) is 2.05. The lowest BCUT2D eigenvalue weighted by Crippen LogP contribution is -2.53. The van der Waals surface area contributed by atoms with Crippen LogP contribution in [-0.4, -0.2) is 53.6 Å². The maximum Gasteiger partial charge on any atom is 0.244 e. The van der Waals surface area contributed by atoms with E-state index in [1.54, 1.807) is 0 Å². The lowest BCUT2D eigenvalue weighted by Gasteiger charge is -2.42. The SMILES string of the molecule is CCCC1NC(C)(CC)C(=O)N1C1CCN(C)CC1C. The van der Waals surface area contributed by atoms with Gasteiger partial charge in [0, 0.05) is 12.6 Å². The molecule has 2 rings (SSSR count). The molecule has 116 valence electrons. The van der Waals surface area contributed by atoms with Gasteiger partial charge in [-0.1, -0.05) is 27.2 Å². The topological polar surface area (TPSA) is 35.6 Å². The molecular formula is C16H31N3O. The highest BCUT2D eigenvalue weighted by atomic mass is 16.2. The fourth-order valence-electron chi connectivity index (χ4n) is 3.80. The maximum absolute atomic E-state index is 12.9. The molecule has 0 aliphatic carbocycles. The van der Waals surface area contributed by atoms with Crippen LogP contribution in [0.25, 0.3) is 0 Å². The van der Waals surface area contributed by atoms with Gasteiger partial charge in [-0.2, -0.15) is 0 Å². The fourth-order valence-corrected chi connectivity index (χ4v) is 3.80. The maximum atomic E-state index is 12.9. The van der Waals surface area contributed by atoms with Crippen LogP contribution >= 0.6 is 0 Å². The zero-order chi connectivity index (χ0) is 14.9. The minimum Gasteiger partial charge on any atom is -0.322 e. The molecule has 2 aliphatic rings. The van der Waals surface area contributed by atoms with Gasteiger partial charge < -0.3 is 9.80 Å². The van der Waals surface area contributed by atoms with E-state index < -0.39 is 0 Å². The first-order valence-electron chi connectivity index (χ1n) is 8.22. The Hall–Kier alpha value is -0.610. The number of piperidine rings is 1. The van der Waals surface area contributed by atoms with Crippen molar-refractivity contribution in [1.29, 1.82) is 0 Å². The molecule has 4 nitrogen and oxygen atoms in total. The summed E-state index contributed by atoms with van der Waals surface area (Å²) < 4.78 is 0. The van der Waals surface area contributed by atoms with Crippen LogP contribution in [-0.2, 0) is 4.79 Å². The van der Waals surface area contributed by atoms with Crippen LogP contribution in [0.4, 0.5) is 0 Å². The minimum absolute atomic E-state index is 0.230. The summed E-state index contributed by atoms with van der Waals surface area (Å²) in [6.07, 6.45) is 4.37. The van der Waals surface area contributed by atoms with E-state index in [0.29, 0.717) is 17.9 Å². The number of likely N-dealkylation sites (tertiary alicyclic amines) is 1. The van der Waals surface area contributed by atoms with E-state index in [2.05, 4.69) is 49.9 Å². The van der Waals surface area contributed by atoms with E-state index in [0.717, 1.165) is 38.8 Å². The highest BCUT2D eigenvalue weighted by molar-refractivity contribution is 5.88. The zero-order valence-electron chi connectivity index (χ0n) is 13.8. The molecule has 0 radical (unpaired) electrons. The van der Waals surface area contributed by atoms with Gasteiger partial charge in [-0.25, -0.2) is 0 Å². The average molecular weight is 281 g/mol. The normalized spacial score (nSPS) is 39.5. The van der Waals surface area contributed by atoms with Crippen molar-refractivity contribution in [1.82, 2.24) is 15.1 Å². The molecule has 2 aliphatic heterocycles. The third kappa shape index (κ3) is 2.73. The molecule has 0 spiro atoms. The summed E-state index contributed by atoms with van der Waals surface area (Å²) in [5.41, 5.74) is -0.358. The number of carbonyl (C=O) groups is 1. The quantitative estimate of drug-likeness (QED) is 0.857. The number of nitrogens with one attached hydrogen (secondary N) is 1. The van der Waals surface area contributed by atoms with Gasteiger partial charge in [0.05, 0.1) is 11.7 Å². The van der Waals surface area contributed by atoms with Crippen LogP contribution in [0.15, 0.2) is 0 Å². The smallest absolute Gasteiger partial charge is 0.244 e. The number of amides is 1. The first-order valence-corrected chi connectivity index (χ1v) is 8.22. The van der Waals surface area contributed by atoms with Gasteiger partial charge in [0.25, 0.3) is 0 Å². The molecule has 0 aromatic rings. The van der Waals surface area contributed by atoms with Gasteiger partial charge in [0.2, 0.25) is 5.91 Å². The summed E-state index contributed by atoms with van der Waals surface area (Å²) in [5, 5.41) is 3.61. The fraction of sp³-hybridized carbons (Fsp3) is 0.938. The first-order chi connectivity index (χ1) is 9.42. The second-order valence-corrected chi connectivity index (χ2v) is 6.94. The summed E-state index contributed by atoms with van der Waals surface area (Å²) in [7, 11) is 2.18. The predicted molar refractivity (Wildman–Crippen MR) is 82.4 cm³/mol. The second-order valence-electron chi connectivity index (χ2n) is 6.94. The molecule has 4 atom stereocenters. The van der Waals surface area contributed by atoms with Crippen molar-refractivity contribution in [3.05, 3.63) is 0 Å². The summed E-state index contributed by atoms with van der Waals surface area (Å²) in [6.45, 7) is 10.9. The number of hydrogen-bond acceptors (Lipinski definition) is 3. The number of rotatable bonds is 4. The lowest BCUT2D eigenvalue weighted by molar-refractivity contribution is -0.137. The monoisotopic (exact) mass is 281 g/mol. The third-order valence-corrected chi connectivity index (χ3v) is 5.22. The van der Waals surface area contributed by atoms with Crippen molar-refractivity contribution in [2.45, 2.75) is 71.1 Å². The van der Waals surface area contributed by atoms with E-state index in [4.69, 9.17) is 0 Å². The van der Waals surface area contributed by atoms with Crippen LogP contribution in [0.3, 0.4) is 0 Å². The van der Waals surface area contributed by atoms with Gasteiger partial charge >= 0.3 is 0 Å². The molecule has 2 fully saturated rings. The summed E-state index contributed by atoms with van der Waals surface area (Å²) in [4.78, 5) is 17.5. The highest BCUT2D eigenvalue weighted by Crippen LogP contribution is 2.32. The summed E-state index contributed by atoms with van der Waals surface area (Å²) in [5.74, 6) is 0.873. The van der Waals surface area contributed by atoms with Gasteiger partial charge in [0.1, 0.15) is 0 Å². The summed E-state index contributed by atoms with van der Waals surface area (Å²) in [6, 6.07) is 0.399. The Kier molecular flexibility index (Phi) is 4.75. The van der Waals surface area contributed by atoms with Crippen LogP contribution in [0, 0.1) is 5.92 Å². The largest absolute Gasteiger partial charge is 0.322 e. The van der Waals surface area contributed by atoms with Crippen LogP contribution < -0.4 is 5.32 Å². The molecule has 2 saturated heterocycles. The lowest BCUT2D eigenvalue weighted by atomic mass is 9.91. The molecule has 0 aromatic carbocycles. The van der Waals surface area contributed by atoms with E-state index in [1.165, 1.54) is 0 Å². The first kappa shape index (κ1) is 15.8. The Morgan fingerprint density at radius 3 is 2.65 bits per heavy atom. The van der Waals surface area contributed by atoms with Gasteiger partial charge in [-0.3, -0.25) is 10.1 Å². The van der Waals surface area contributed by atoms with Crippen molar-refractivity contribution in [2.24, 2.45) is 5.92 Å². The standard InChI is InChI=1S/C16H31N3O/c1-6-8-14-17-16(4,7-2)15(20)19(14)13-9-10-18(5)11-12(13)3/h12-14,17H,6-11H2,1-5H3. The van der Waals surface area contributed by atoms with Crippen molar-refractivity contribution in [3.63, 3.8) is 0 Å². The van der Waals surface area contributed by atoms with E-state index in [-0.39, 0.29) is 11.7 Å². The second kappa shape index (κ2) is 6.02. The zero-order valence-corrected chi connectivity index (χ0v) is 13.8. The van der Waals surface area contributed by atoms with Crippen molar-refractivity contribution in [3.8, 4) is 0 Å². The van der Waals surface area contributed by atoms with Crippen LogP contribution in [0.5, 0.6) is 0 Å². The molecule has 4 heteroatoms. The minimum atomic E-state index is -0.358. The number of nitrogens with zero attached hydrogens (tertiary/aromatic N) is 2. The van der Waals surface area contributed by atoms with E-state index >= 15 is 0 Å². The average Bonchev–Trinajstić information content (AvgIpc) is 2.64. The molecule has 0 bridgehead atoms. The van der Waals surface area contributed by atoms with Crippen LogP contribution in [0.2, 0.25) is 0 Å². The Morgan fingerprint density at radius 1 is 1.40 bits per heavy atom. The summed E-state index contributed by atoms with van der Waals surface area (Å²) >= 11 is 0. The molecule has 1 N–H and O–H groups in total. The molecule has 2 heterocycles. The van der Waals surface area contributed by atoms with E-state index in [9.17, 15) is 4.79 Å². The Balaban J connectivity index is 2.20. The Bertz CT molecular complexity index is 360. The van der Waals surface area contributed by atoms with Gasteiger partial charge in [-0.15, -0.1) is 0 Å². The van der Waals surface area contributed by atoms with Gasteiger partial charge in [-0.05, 0) is 45.7 Å². The molecule has 0 aromatic heterocycles. The Morgan fingerprint density at radius 2 is 2.10 bits per heavy atom. The van der Waals surface area contributed by atoms with Gasteiger partial charge in [0.15, 0.2) is 0 Å². The number of carbonyl (C=O) groups excluding carboxylic acids is 1.